The number of thioether (sulfide) groups is 1. The Bertz CT molecular complexity index is 623. The molecule has 0 bridgehead atoms. The van der Waals surface area contributed by atoms with Gasteiger partial charge in [-0.1, -0.05) is 6.92 Å². The molecule has 2 unspecified atom stereocenters. The fourth-order valence-electron chi connectivity index (χ4n) is 2.26. The van der Waals surface area contributed by atoms with Gasteiger partial charge in [0, 0.05) is 23.6 Å². The molecule has 2 rings (SSSR count). The highest BCUT2D eigenvalue weighted by molar-refractivity contribution is 8.00. The standard InChI is InChI=1S/C12H17NO4S3/c1-7-6-19-10(12(14)15)11(7)20(16,17)13-4-5-18-9(3)8(13)2/h6,8-9H,4-5H2,1-3H3,(H,14,15). The van der Waals surface area contributed by atoms with E-state index in [1.165, 1.54) is 4.31 Å². The zero-order valence-electron chi connectivity index (χ0n) is 11.5. The van der Waals surface area contributed by atoms with Crippen LogP contribution in [0.3, 0.4) is 0 Å². The quantitative estimate of drug-likeness (QED) is 0.917. The van der Waals surface area contributed by atoms with Crippen LogP contribution in [-0.2, 0) is 10.0 Å². The van der Waals surface area contributed by atoms with Gasteiger partial charge < -0.3 is 5.11 Å². The van der Waals surface area contributed by atoms with Crippen LogP contribution in [0.5, 0.6) is 0 Å². The van der Waals surface area contributed by atoms with Gasteiger partial charge in [-0.05, 0) is 24.8 Å². The van der Waals surface area contributed by atoms with E-state index in [1.807, 2.05) is 13.8 Å². The Balaban J connectivity index is 2.50. The molecule has 1 aliphatic heterocycles. The van der Waals surface area contributed by atoms with Crippen molar-refractivity contribution >= 4 is 39.1 Å². The Kier molecular flexibility index (Phi) is 4.48. The lowest BCUT2D eigenvalue weighted by Gasteiger charge is -2.36. The molecule has 5 nitrogen and oxygen atoms in total. The fourth-order valence-corrected chi connectivity index (χ4v) is 6.85. The van der Waals surface area contributed by atoms with Gasteiger partial charge in [-0.15, -0.1) is 11.3 Å². The van der Waals surface area contributed by atoms with Gasteiger partial charge >= 0.3 is 5.97 Å². The van der Waals surface area contributed by atoms with Crippen molar-refractivity contribution in [3.8, 4) is 0 Å². The van der Waals surface area contributed by atoms with E-state index in [2.05, 4.69) is 0 Å². The molecular formula is C12H17NO4S3. The van der Waals surface area contributed by atoms with Crippen LogP contribution < -0.4 is 0 Å². The van der Waals surface area contributed by atoms with E-state index in [9.17, 15) is 18.3 Å². The number of carboxylic acid groups (broad SMARTS) is 1. The number of carboxylic acids is 1. The number of nitrogens with zero attached hydrogens (tertiary/aromatic N) is 1. The summed E-state index contributed by atoms with van der Waals surface area (Å²) >= 11 is 2.70. The molecule has 20 heavy (non-hydrogen) atoms. The maximum Gasteiger partial charge on any atom is 0.347 e. The van der Waals surface area contributed by atoms with Crippen LogP contribution in [0.25, 0.3) is 0 Å². The van der Waals surface area contributed by atoms with Gasteiger partial charge in [-0.25, -0.2) is 13.2 Å². The molecule has 8 heteroatoms. The molecule has 2 atom stereocenters. The Morgan fingerprint density at radius 3 is 2.70 bits per heavy atom. The second-order valence-corrected chi connectivity index (χ2v) is 9.01. The maximum atomic E-state index is 12.8. The first-order valence-corrected chi connectivity index (χ1v) is 9.58. The molecule has 0 aliphatic carbocycles. The lowest BCUT2D eigenvalue weighted by Crippen LogP contribution is -2.48. The van der Waals surface area contributed by atoms with E-state index in [0.717, 1.165) is 17.1 Å². The third kappa shape index (κ3) is 2.61. The molecule has 1 aromatic heterocycles. The van der Waals surface area contributed by atoms with Crippen molar-refractivity contribution in [2.45, 2.75) is 37.0 Å². The van der Waals surface area contributed by atoms with Crippen LogP contribution in [0.4, 0.5) is 0 Å². The lowest BCUT2D eigenvalue weighted by atomic mass is 10.2. The molecule has 0 amide bonds. The predicted octanol–water partition coefficient (Wildman–Crippen LogP) is 2.27. The summed E-state index contributed by atoms with van der Waals surface area (Å²) in [6, 6.07) is -0.139. The summed E-state index contributed by atoms with van der Waals surface area (Å²) in [5, 5.41) is 11.0. The topological polar surface area (TPSA) is 74.7 Å². The normalized spacial score (nSPS) is 24.8. The maximum absolute atomic E-state index is 12.8. The number of aryl methyl sites for hydroxylation is 1. The average molecular weight is 335 g/mol. The van der Waals surface area contributed by atoms with E-state index >= 15 is 0 Å². The van der Waals surface area contributed by atoms with Crippen LogP contribution in [0.2, 0.25) is 0 Å². The molecule has 1 N–H and O–H groups in total. The molecule has 2 heterocycles. The highest BCUT2D eigenvalue weighted by atomic mass is 32.2. The molecule has 1 aliphatic rings. The summed E-state index contributed by atoms with van der Waals surface area (Å²) in [4.78, 5) is 11.1. The minimum Gasteiger partial charge on any atom is -0.477 e. The summed E-state index contributed by atoms with van der Waals surface area (Å²) in [6.45, 7) is 5.93. The second-order valence-electron chi connectivity index (χ2n) is 4.81. The van der Waals surface area contributed by atoms with E-state index in [4.69, 9.17) is 0 Å². The molecular weight excluding hydrogens is 318 g/mol. The minimum atomic E-state index is -3.76. The third-order valence-corrected chi connectivity index (χ3v) is 8.23. The number of carbonyl (C=O) groups is 1. The highest BCUT2D eigenvalue weighted by Gasteiger charge is 2.38. The van der Waals surface area contributed by atoms with Crippen molar-refractivity contribution in [2.75, 3.05) is 12.3 Å². The van der Waals surface area contributed by atoms with Gasteiger partial charge in [0.05, 0.1) is 0 Å². The molecule has 0 saturated carbocycles. The van der Waals surface area contributed by atoms with Crippen LogP contribution >= 0.6 is 23.1 Å². The summed E-state index contributed by atoms with van der Waals surface area (Å²) in [5.41, 5.74) is 0.505. The number of rotatable bonds is 3. The number of aromatic carboxylic acids is 1. The van der Waals surface area contributed by atoms with Crippen molar-refractivity contribution in [3.05, 3.63) is 15.8 Å². The average Bonchev–Trinajstić information content (AvgIpc) is 2.75. The van der Waals surface area contributed by atoms with E-state index in [1.54, 1.807) is 24.1 Å². The molecule has 0 spiro atoms. The number of thiophene rings is 1. The summed E-state index contributed by atoms with van der Waals surface area (Å²) in [6.07, 6.45) is 0. The van der Waals surface area contributed by atoms with E-state index < -0.39 is 16.0 Å². The van der Waals surface area contributed by atoms with Crippen LogP contribution in [0.15, 0.2) is 10.3 Å². The highest BCUT2D eigenvalue weighted by Crippen LogP contribution is 2.34. The van der Waals surface area contributed by atoms with Gasteiger partial charge in [0.25, 0.3) is 0 Å². The summed E-state index contributed by atoms with van der Waals surface area (Å²) in [7, 11) is -3.76. The first-order valence-electron chi connectivity index (χ1n) is 6.21. The molecule has 1 saturated heterocycles. The predicted molar refractivity (Wildman–Crippen MR) is 81.3 cm³/mol. The van der Waals surface area contributed by atoms with Crippen LogP contribution in [-0.4, -0.2) is 47.4 Å². The smallest absolute Gasteiger partial charge is 0.347 e. The first kappa shape index (κ1) is 15.8. The largest absolute Gasteiger partial charge is 0.477 e. The number of hydrogen-bond acceptors (Lipinski definition) is 5. The Morgan fingerprint density at radius 1 is 1.45 bits per heavy atom. The van der Waals surface area contributed by atoms with Gasteiger partial charge in [0.15, 0.2) is 0 Å². The second kappa shape index (κ2) is 5.67. The van der Waals surface area contributed by atoms with Crippen molar-refractivity contribution in [3.63, 3.8) is 0 Å². The van der Waals surface area contributed by atoms with E-state index in [-0.39, 0.29) is 21.1 Å². The van der Waals surface area contributed by atoms with E-state index in [0.29, 0.717) is 12.1 Å². The Morgan fingerprint density at radius 2 is 2.10 bits per heavy atom. The van der Waals surface area contributed by atoms with Gasteiger partial charge in [0.1, 0.15) is 9.77 Å². The van der Waals surface area contributed by atoms with Gasteiger partial charge in [-0.2, -0.15) is 16.1 Å². The number of sulfonamides is 1. The van der Waals surface area contributed by atoms with Crippen molar-refractivity contribution in [1.82, 2.24) is 4.31 Å². The zero-order chi connectivity index (χ0) is 15.1. The zero-order valence-corrected chi connectivity index (χ0v) is 13.9. The van der Waals surface area contributed by atoms with Crippen molar-refractivity contribution < 1.29 is 18.3 Å². The van der Waals surface area contributed by atoms with Crippen LogP contribution in [0.1, 0.15) is 29.1 Å². The molecule has 1 aromatic rings. The molecule has 0 radical (unpaired) electrons. The van der Waals surface area contributed by atoms with Gasteiger partial charge in [0.2, 0.25) is 10.0 Å². The SMILES string of the molecule is Cc1csc(C(=O)O)c1S(=O)(=O)N1CCSC(C)C1C. The van der Waals surface area contributed by atoms with Crippen molar-refractivity contribution in [1.29, 1.82) is 0 Å². The third-order valence-electron chi connectivity index (χ3n) is 3.50. The monoisotopic (exact) mass is 335 g/mol. The Hall–Kier alpha value is -0.570. The first-order chi connectivity index (χ1) is 9.26. The Labute approximate surface area is 127 Å². The molecule has 1 fully saturated rings. The lowest BCUT2D eigenvalue weighted by molar-refractivity contribution is 0.0698. The molecule has 112 valence electrons. The van der Waals surface area contributed by atoms with Gasteiger partial charge in [-0.3, -0.25) is 0 Å². The number of hydrogen-bond donors (Lipinski definition) is 1. The van der Waals surface area contributed by atoms with Crippen LogP contribution in [0, 0.1) is 6.92 Å². The van der Waals surface area contributed by atoms with Crippen molar-refractivity contribution in [2.24, 2.45) is 0 Å². The minimum absolute atomic E-state index is 0.0408. The summed E-state index contributed by atoms with van der Waals surface area (Å²) in [5.74, 6) is -0.454. The summed E-state index contributed by atoms with van der Waals surface area (Å²) < 4.78 is 27.1. The molecule has 0 aromatic carbocycles. The fraction of sp³-hybridized carbons (Fsp3) is 0.583.